The van der Waals surface area contributed by atoms with Crippen LogP contribution in [0.1, 0.15) is 11.7 Å². The molecule has 0 radical (unpaired) electrons. The molecule has 0 aliphatic rings. The maximum Gasteiger partial charge on any atom is 0.119 e. The summed E-state index contributed by atoms with van der Waals surface area (Å²) >= 11 is 0. The first-order chi connectivity index (χ1) is 9.63. The van der Waals surface area contributed by atoms with Crippen molar-refractivity contribution >= 4 is 0 Å². The highest BCUT2D eigenvalue weighted by atomic mass is 16.5. The van der Waals surface area contributed by atoms with Gasteiger partial charge in [-0.15, -0.1) is 0 Å². The van der Waals surface area contributed by atoms with E-state index in [0.717, 1.165) is 31.0 Å². The number of benzene rings is 1. The van der Waals surface area contributed by atoms with Crippen molar-refractivity contribution in [1.29, 1.82) is 0 Å². The first-order valence-electron chi connectivity index (χ1n) is 6.88. The van der Waals surface area contributed by atoms with E-state index in [9.17, 15) is 5.11 Å². The molecule has 1 atom stereocenters. The van der Waals surface area contributed by atoms with Gasteiger partial charge < -0.3 is 24.8 Å². The first kappa shape index (κ1) is 16.9. The third kappa shape index (κ3) is 6.86. The summed E-state index contributed by atoms with van der Waals surface area (Å²) in [7, 11) is 5.66. The summed E-state index contributed by atoms with van der Waals surface area (Å²) < 4.78 is 10.6. The Morgan fingerprint density at radius 3 is 2.80 bits per heavy atom. The molecule has 0 amide bonds. The van der Waals surface area contributed by atoms with Crippen molar-refractivity contribution in [2.75, 3.05) is 54.1 Å². The Bertz CT molecular complexity index is 372. The molecule has 0 aromatic heterocycles. The summed E-state index contributed by atoms with van der Waals surface area (Å²) in [5.74, 6) is 0.758. The summed E-state index contributed by atoms with van der Waals surface area (Å²) in [5.41, 5.74) is 0.852. The maximum atomic E-state index is 10.1. The van der Waals surface area contributed by atoms with Crippen molar-refractivity contribution < 1.29 is 14.6 Å². The molecule has 1 rings (SSSR count). The lowest BCUT2D eigenvalue weighted by Crippen LogP contribution is -2.26. The zero-order valence-electron chi connectivity index (χ0n) is 12.6. The fraction of sp³-hybridized carbons (Fsp3) is 0.600. The van der Waals surface area contributed by atoms with Crippen LogP contribution in [-0.4, -0.2) is 64.1 Å². The molecule has 0 heterocycles. The molecular formula is C15H26N2O3. The Balaban J connectivity index is 2.15. The maximum absolute atomic E-state index is 10.1. The highest BCUT2D eigenvalue weighted by molar-refractivity contribution is 5.29. The predicted molar refractivity (Wildman–Crippen MR) is 80.2 cm³/mol. The fourth-order valence-electron chi connectivity index (χ4n) is 1.70. The summed E-state index contributed by atoms with van der Waals surface area (Å²) in [6.07, 6.45) is -0.535. The van der Waals surface area contributed by atoms with Crippen LogP contribution in [0.3, 0.4) is 0 Å². The second-order valence-electron chi connectivity index (χ2n) is 4.91. The SMILES string of the molecule is COc1cccc(C(O)CNCCOCCN(C)C)c1. The molecule has 1 aromatic rings. The van der Waals surface area contributed by atoms with E-state index in [0.29, 0.717) is 13.2 Å². The van der Waals surface area contributed by atoms with E-state index in [2.05, 4.69) is 10.2 Å². The van der Waals surface area contributed by atoms with E-state index in [1.54, 1.807) is 7.11 Å². The first-order valence-corrected chi connectivity index (χ1v) is 6.88. The van der Waals surface area contributed by atoms with Crippen LogP contribution in [0.4, 0.5) is 0 Å². The molecule has 0 saturated heterocycles. The molecule has 1 unspecified atom stereocenters. The Morgan fingerprint density at radius 1 is 1.30 bits per heavy atom. The van der Waals surface area contributed by atoms with Crippen molar-refractivity contribution in [3.8, 4) is 5.75 Å². The van der Waals surface area contributed by atoms with Gasteiger partial charge in [0.1, 0.15) is 5.75 Å². The second kappa shape index (κ2) is 9.72. The van der Waals surface area contributed by atoms with E-state index in [1.807, 2.05) is 38.4 Å². The Hall–Kier alpha value is -1.14. The number of likely N-dealkylation sites (N-methyl/N-ethyl adjacent to an activating group) is 1. The van der Waals surface area contributed by atoms with E-state index in [1.165, 1.54) is 0 Å². The normalized spacial score (nSPS) is 12.7. The largest absolute Gasteiger partial charge is 0.497 e. The van der Waals surface area contributed by atoms with Crippen molar-refractivity contribution in [2.24, 2.45) is 0 Å². The number of aliphatic hydroxyl groups is 1. The fourth-order valence-corrected chi connectivity index (χ4v) is 1.70. The molecule has 20 heavy (non-hydrogen) atoms. The average Bonchev–Trinajstić information content (AvgIpc) is 2.45. The standard InChI is InChI=1S/C15H26N2O3/c1-17(2)8-10-20-9-7-16-12-15(18)13-5-4-6-14(11-13)19-3/h4-6,11,15-16,18H,7-10,12H2,1-3H3. The monoisotopic (exact) mass is 282 g/mol. The van der Waals surface area contributed by atoms with Crippen molar-refractivity contribution in [1.82, 2.24) is 10.2 Å². The molecule has 0 aliphatic carbocycles. The molecule has 5 heteroatoms. The van der Waals surface area contributed by atoms with Crippen LogP contribution < -0.4 is 10.1 Å². The minimum absolute atomic E-state index is 0.504. The third-order valence-electron chi connectivity index (χ3n) is 2.92. The number of ether oxygens (including phenoxy) is 2. The van der Waals surface area contributed by atoms with Crippen LogP contribution in [0.5, 0.6) is 5.75 Å². The van der Waals surface area contributed by atoms with Crippen LogP contribution in [0.15, 0.2) is 24.3 Å². The van der Waals surface area contributed by atoms with Gasteiger partial charge in [0.2, 0.25) is 0 Å². The smallest absolute Gasteiger partial charge is 0.119 e. The Kier molecular flexibility index (Phi) is 8.22. The van der Waals surface area contributed by atoms with Crippen LogP contribution in [0.2, 0.25) is 0 Å². The number of nitrogens with one attached hydrogen (secondary N) is 1. The number of hydrogen-bond donors (Lipinski definition) is 2. The third-order valence-corrected chi connectivity index (χ3v) is 2.92. The highest BCUT2D eigenvalue weighted by Crippen LogP contribution is 2.18. The van der Waals surface area contributed by atoms with E-state index < -0.39 is 6.10 Å². The zero-order chi connectivity index (χ0) is 14.8. The molecule has 0 aliphatic heterocycles. The van der Waals surface area contributed by atoms with Crippen LogP contribution >= 0.6 is 0 Å². The molecule has 0 bridgehead atoms. The molecule has 0 saturated carbocycles. The van der Waals surface area contributed by atoms with Gasteiger partial charge in [-0.3, -0.25) is 0 Å². The molecule has 0 spiro atoms. The van der Waals surface area contributed by atoms with Gasteiger partial charge in [0.05, 0.1) is 26.4 Å². The quantitative estimate of drug-likeness (QED) is 0.624. The van der Waals surface area contributed by atoms with Gasteiger partial charge in [-0.1, -0.05) is 12.1 Å². The van der Waals surface area contributed by atoms with E-state index in [4.69, 9.17) is 9.47 Å². The van der Waals surface area contributed by atoms with Crippen LogP contribution in [0, 0.1) is 0 Å². The Morgan fingerprint density at radius 2 is 2.10 bits per heavy atom. The zero-order valence-corrected chi connectivity index (χ0v) is 12.6. The summed E-state index contributed by atoms with van der Waals surface area (Å²) in [5, 5.41) is 13.2. The second-order valence-corrected chi connectivity index (χ2v) is 4.91. The molecule has 0 fully saturated rings. The van der Waals surface area contributed by atoms with Crippen molar-refractivity contribution in [3.63, 3.8) is 0 Å². The minimum Gasteiger partial charge on any atom is -0.497 e. The lowest BCUT2D eigenvalue weighted by Gasteiger charge is -2.14. The minimum atomic E-state index is -0.535. The number of rotatable bonds is 10. The van der Waals surface area contributed by atoms with Gasteiger partial charge in [0, 0.05) is 19.6 Å². The topological polar surface area (TPSA) is 54.0 Å². The van der Waals surface area contributed by atoms with Gasteiger partial charge >= 0.3 is 0 Å². The highest BCUT2D eigenvalue weighted by Gasteiger charge is 2.07. The predicted octanol–water partition coefficient (Wildman–Crippen LogP) is 0.896. The Labute approximate surface area is 121 Å². The summed E-state index contributed by atoms with van der Waals surface area (Å²) in [6.45, 7) is 3.54. The lowest BCUT2D eigenvalue weighted by atomic mass is 10.1. The molecule has 5 nitrogen and oxygen atoms in total. The molecule has 1 aromatic carbocycles. The van der Waals surface area contributed by atoms with Crippen molar-refractivity contribution in [3.05, 3.63) is 29.8 Å². The summed E-state index contributed by atoms with van der Waals surface area (Å²) in [4.78, 5) is 2.08. The van der Waals surface area contributed by atoms with Gasteiger partial charge in [-0.2, -0.15) is 0 Å². The summed E-state index contributed by atoms with van der Waals surface area (Å²) in [6, 6.07) is 7.48. The number of nitrogens with zero attached hydrogens (tertiary/aromatic N) is 1. The van der Waals surface area contributed by atoms with Crippen molar-refractivity contribution in [2.45, 2.75) is 6.10 Å². The molecular weight excluding hydrogens is 256 g/mol. The van der Waals surface area contributed by atoms with Gasteiger partial charge in [0.25, 0.3) is 0 Å². The van der Waals surface area contributed by atoms with Gasteiger partial charge in [-0.05, 0) is 31.8 Å². The number of hydrogen-bond acceptors (Lipinski definition) is 5. The van der Waals surface area contributed by atoms with E-state index >= 15 is 0 Å². The molecule has 114 valence electrons. The number of methoxy groups -OCH3 is 1. The van der Waals surface area contributed by atoms with Crippen LogP contribution in [-0.2, 0) is 4.74 Å². The average molecular weight is 282 g/mol. The van der Waals surface area contributed by atoms with Gasteiger partial charge in [0.15, 0.2) is 0 Å². The van der Waals surface area contributed by atoms with Crippen LogP contribution in [0.25, 0.3) is 0 Å². The number of aliphatic hydroxyl groups excluding tert-OH is 1. The lowest BCUT2D eigenvalue weighted by molar-refractivity contribution is 0.114. The molecule has 2 N–H and O–H groups in total. The van der Waals surface area contributed by atoms with E-state index in [-0.39, 0.29) is 0 Å². The van der Waals surface area contributed by atoms with Gasteiger partial charge in [-0.25, -0.2) is 0 Å².